The summed E-state index contributed by atoms with van der Waals surface area (Å²) in [4.78, 5) is 22.1. The molecule has 0 aliphatic carbocycles. The van der Waals surface area contributed by atoms with Crippen molar-refractivity contribution in [3.05, 3.63) is 35.6 Å². The molecule has 1 amide bonds. The lowest BCUT2D eigenvalue weighted by atomic mass is 10.1. The van der Waals surface area contributed by atoms with Gasteiger partial charge in [-0.2, -0.15) is 0 Å². The third kappa shape index (κ3) is 7.41. The van der Waals surface area contributed by atoms with E-state index in [2.05, 4.69) is 5.32 Å². The molecule has 0 aliphatic heterocycles. The predicted octanol–water partition coefficient (Wildman–Crippen LogP) is 1.46. The average molecular weight is 296 g/mol. The molecule has 0 aromatic heterocycles. The molecule has 1 rings (SSSR count). The Labute approximate surface area is 123 Å². The van der Waals surface area contributed by atoms with Crippen LogP contribution in [-0.2, 0) is 16.0 Å². The van der Waals surface area contributed by atoms with Gasteiger partial charge in [-0.1, -0.05) is 12.1 Å². The largest absolute Gasteiger partial charge is 0.480 e. The first-order chi connectivity index (χ1) is 9.99. The molecule has 5 nitrogen and oxygen atoms in total. The van der Waals surface area contributed by atoms with Gasteiger partial charge in [0, 0.05) is 13.0 Å². The lowest BCUT2D eigenvalue weighted by Crippen LogP contribution is -2.30. The highest BCUT2D eigenvalue weighted by Crippen LogP contribution is 2.05. The number of aliphatic carboxylic acids is 1. The highest BCUT2D eigenvalue weighted by Gasteiger charge is 2.10. The molecule has 1 aromatic rings. The first-order valence-electron chi connectivity index (χ1n) is 6.98. The van der Waals surface area contributed by atoms with Gasteiger partial charge >= 0.3 is 5.97 Å². The highest BCUT2D eigenvalue weighted by molar-refractivity contribution is 5.76. The maximum atomic E-state index is 12.7. The number of carbonyl (C=O) groups is 2. The van der Waals surface area contributed by atoms with E-state index in [1.165, 1.54) is 12.1 Å². The molecule has 21 heavy (non-hydrogen) atoms. The Morgan fingerprint density at radius 3 is 2.52 bits per heavy atom. The molecular formula is C15H21FN2O3. The zero-order valence-corrected chi connectivity index (χ0v) is 11.8. The minimum atomic E-state index is -1.00. The van der Waals surface area contributed by atoms with E-state index >= 15 is 0 Å². The van der Waals surface area contributed by atoms with Gasteiger partial charge in [0.2, 0.25) is 5.91 Å². The summed E-state index contributed by atoms with van der Waals surface area (Å²) in [7, 11) is 0. The predicted molar refractivity (Wildman–Crippen MR) is 77.2 cm³/mol. The first-order valence-corrected chi connectivity index (χ1v) is 6.98. The van der Waals surface area contributed by atoms with Crippen LogP contribution in [0.5, 0.6) is 0 Å². The van der Waals surface area contributed by atoms with Crippen LogP contribution < -0.4 is 11.1 Å². The topological polar surface area (TPSA) is 92.4 Å². The average Bonchev–Trinajstić information content (AvgIpc) is 2.46. The molecule has 0 spiro atoms. The van der Waals surface area contributed by atoms with Gasteiger partial charge in [0.25, 0.3) is 0 Å². The van der Waals surface area contributed by atoms with Crippen molar-refractivity contribution < 1.29 is 19.1 Å². The summed E-state index contributed by atoms with van der Waals surface area (Å²) in [5, 5.41) is 11.4. The molecule has 0 bridgehead atoms. The molecule has 0 aliphatic rings. The Morgan fingerprint density at radius 2 is 1.90 bits per heavy atom. The van der Waals surface area contributed by atoms with Crippen molar-refractivity contribution in [2.24, 2.45) is 5.73 Å². The van der Waals surface area contributed by atoms with Gasteiger partial charge in [0.1, 0.15) is 11.9 Å². The van der Waals surface area contributed by atoms with Crippen molar-refractivity contribution in [2.45, 2.75) is 38.1 Å². The fourth-order valence-electron chi connectivity index (χ4n) is 1.84. The van der Waals surface area contributed by atoms with E-state index in [4.69, 9.17) is 10.8 Å². The monoisotopic (exact) mass is 296 g/mol. The Morgan fingerprint density at radius 1 is 1.24 bits per heavy atom. The van der Waals surface area contributed by atoms with E-state index < -0.39 is 12.0 Å². The smallest absolute Gasteiger partial charge is 0.320 e. The van der Waals surface area contributed by atoms with Gasteiger partial charge in [0.15, 0.2) is 0 Å². The SMILES string of the molecule is N[C@@H](CCCCNC(=O)CCc1ccc(F)cc1)C(=O)O. The minimum Gasteiger partial charge on any atom is -0.480 e. The number of hydrogen-bond acceptors (Lipinski definition) is 3. The molecule has 116 valence electrons. The van der Waals surface area contributed by atoms with Gasteiger partial charge in [-0.25, -0.2) is 4.39 Å². The van der Waals surface area contributed by atoms with E-state index in [9.17, 15) is 14.0 Å². The van der Waals surface area contributed by atoms with Crippen molar-refractivity contribution in [2.75, 3.05) is 6.54 Å². The zero-order chi connectivity index (χ0) is 15.7. The van der Waals surface area contributed by atoms with Crippen LogP contribution in [0.3, 0.4) is 0 Å². The normalized spacial score (nSPS) is 11.9. The number of carboxylic acid groups (broad SMARTS) is 1. The number of halogens is 1. The van der Waals surface area contributed by atoms with Crippen molar-refractivity contribution >= 4 is 11.9 Å². The number of benzene rings is 1. The summed E-state index contributed by atoms with van der Waals surface area (Å²) >= 11 is 0. The highest BCUT2D eigenvalue weighted by atomic mass is 19.1. The van der Waals surface area contributed by atoms with Crippen LogP contribution >= 0.6 is 0 Å². The van der Waals surface area contributed by atoms with Crippen molar-refractivity contribution in [1.29, 1.82) is 0 Å². The molecule has 1 atom stereocenters. The van der Waals surface area contributed by atoms with Crippen molar-refractivity contribution in [3.63, 3.8) is 0 Å². The second-order valence-corrected chi connectivity index (χ2v) is 4.92. The number of amides is 1. The first kappa shape index (κ1) is 17.1. The molecule has 0 unspecified atom stereocenters. The second kappa shape index (κ2) is 9.07. The fraction of sp³-hybridized carbons (Fsp3) is 0.467. The molecule has 6 heteroatoms. The van der Waals surface area contributed by atoms with Gasteiger partial charge in [0.05, 0.1) is 0 Å². The molecule has 4 N–H and O–H groups in total. The van der Waals surface area contributed by atoms with Crippen LogP contribution in [0.2, 0.25) is 0 Å². The van der Waals surface area contributed by atoms with Crippen LogP contribution in [0.4, 0.5) is 4.39 Å². The number of nitrogens with two attached hydrogens (primary N) is 1. The number of rotatable bonds is 9. The van der Waals surface area contributed by atoms with Gasteiger partial charge in [-0.3, -0.25) is 9.59 Å². The molecular weight excluding hydrogens is 275 g/mol. The summed E-state index contributed by atoms with van der Waals surface area (Å²) in [5.74, 6) is -1.36. The van der Waals surface area contributed by atoms with Crippen LogP contribution in [-0.4, -0.2) is 29.6 Å². The molecule has 0 radical (unpaired) electrons. The molecule has 0 saturated heterocycles. The quantitative estimate of drug-likeness (QED) is 0.601. The van der Waals surface area contributed by atoms with E-state index in [-0.39, 0.29) is 11.7 Å². The fourth-order valence-corrected chi connectivity index (χ4v) is 1.84. The number of carbonyl (C=O) groups excluding carboxylic acids is 1. The van der Waals surface area contributed by atoms with Crippen LogP contribution in [0.1, 0.15) is 31.2 Å². The van der Waals surface area contributed by atoms with E-state index in [1.54, 1.807) is 12.1 Å². The molecule has 0 heterocycles. The summed E-state index contributed by atoms with van der Waals surface area (Å²) in [6.07, 6.45) is 2.67. The van der Waals surface area contributed by atoms with Crippen molar-refractivity contribution in [3.8, 4) is 0 Å². The molecule has 1 aromatic carbocycles. The lowest BCUT2D eigenvalue weighted by molar-refractivity contribution is -0.138. The van der Waals surface area contributed by atoms with Gasteiger partial charge in [-0.15, -0.1) is 0 Å². The van der Waals surface area contributed by atoms with E-state index in [0.29, 0.717) is 38.6 Å². The number of hydrogen-bond donors (Lipinski definition) is 3. The Balaban J connectivity index is 2.09. The van der Waals surface area contributed by atoms with Crippen LogP contribution in [0.15, 0.2) is 24.3 Å². The second-order valence-electron chi connectivity index (χ2n) is 4.92. The number of aryl methyl sites for hydroxylation is 1. The van der Waals surface area contributed by atoms with Gasteiger partial charge < -0.3 is 16.2 Å². The van der Waals surface area contributed by atoms with Crippen LogP contribution in [0.25, 0.3) is 0 Å². The number of carboxylic acids is 1. The minimum absolute atomic E-state index is 0.0677. The molecule has 0 fully saturated rings. The van der Waals surface area contributed by atoms with Gasteiger partial charge in [-0.05, 0) is 43.4 Å². The van der Waals surface area contributed by atoms with E-state index in [1.807, 2.05) is 0 Å². The van der Waals surface area contributed by atoms with Crippen LogP contribution in [0, 0.1) is 5.82 Å². The maximum absolute atomic E-state index is 12.7. The number of unbranched alkanes of at least 4 members (excludes halogenated alkanes) is 1. The van der Waals surface area contributed by atoms with Crippen molar-refractivity contribution in [1.82, 2.24) is 5.32 Å². The third-order valence-electron chi connectivity index (χ3n) is 3.14. The Hall–Kier alpha value is -1.95. The third-order valence-corrected chi connectivity index (χ3v) is 3.14. The van der Waals surface area contributed by atoms with E-state index in [0.717, 1.165) is 5.56 Å². The standard InChI is InChI=1S/C15H21FN2O3/c16-12-7-4-11(5-8-12)6-9-14(19)18-10-2-1-3-13(17)15(20)21/h4-5,7-8,13H,1-3,6,9-10,17H2,(H,18,19)(H,20,21)/t13-/m0/s1. The summed E-state index contributed by atoms with van der Waals surface area (Å²) < 4.78 is 12.7. The summed E-state index contributed by atoms with van der Waals surface area (Å²) in [6.45, 7) is 0.509. The Kier molecular flexibility index (Phi) is 7.39. The Bertz CT molecular complexity index is 462. The summed E-state index contributed by atoms with van der Waals surface area (Å²) in [6, 6.07) is 5.24. The number of nitrogens with one attached hydrogen (secondary N) is 1. The lowest BCUT2D eigenvalue weighted by Gasteiger charge is -2.07. The molecule has 0 saturated carbocycles. The maximum Gasteiger partial charge on any atom is 0.320 e. The zero-order valence-electron chi connectivity index (χ0n) is 11.8. The summed E-state index contributed by atoms with van der Waals surface area (Å²) in [5.41, 5.74) is 6.28.